The molecule has 1 unspecified atom stereocenters. The molecule has 0 aliphatic carbocycles. The molecule has 3 heteroatoms. The van der Waals surface area contributed by atoms with Gasteiger partial charge in [-0.15, -0.1) is 0 Å². The highest BCUT2D eigenvalue weighted by Gasteiger charge is 2.26. The molecule has 0 amide bonds. The maximum Gasteiger partial charge on any atom is 0.0593 e. The lowest BCUT2D eigenvalue weighted by Crippen LogP contribution is -2.52. The number of ether oxygens (including phenoxy) is 1. The van der Waals surface area contributed by atoms with Gasteiger partial charge in [0, 0.05) is 25.2 Å². The summed E-state index contributed by atoms with van der Waals surface area (Å²) >= 11 is 0. The number of unbranched alkanes of at least 4 members (excludes halogenated alkanes) is 1. The lowest BCUT2D eigenvalue weighted by Gasteiger charge is -2.39. The number of hydrogen-bond donors (Lipinski definition) is 1. The molecular formula is C13H30N2O. The monoisotopic (exact) mass is 230 g/mol. The van der Waals surface area contributed by atoms with E-state index in [1.807, 2.05) is 0 Å². The van der Waals surface area contributed by atoms with Crippen LogP contribution in [-0.4, -0.2) is 43.3 Å². The number of nitrogens with zero attached hydrogens (tertiary/aromatic N) is 1. The smallest absolute Gasteiger partial charge is 0.0593 e. The van der Waals surface area contributed by atoms with Crippen molar-refractivity contribution in [1.82, 2.24) is 4.90 Å². The molecule has 0 heterocycles. The minimum atomic E-state index is 0.128. The van der Waals surface area contributed by atoms with Gasteiger partial charge in [0.15, 0.2) is 0 Å². The molecule has 98 valence electrons. The van der Waals surface area contributed by atoms with Crippen LogP contribution in [-0.2, 0) is 4.74 Å². The summed E-state index contributed by atoms with van der Waals surface area (Å²) in [6.07, 6.45) is 3.45. The first-order chi connectivity index (χ1) is 7.64. The highest BCUT2D eigenvalue weighted by molar-refractivity contribution is 4.85. The van der Waals surface area contributed by atoms with Crippen molar-refractivity contribution in [2.75, 3.05) is 32.8 Å². The molecule has 2 N–H and O–H groups in total. The normalized spacial score (nSPS) is 15.4. The minimum absolute atomic E-state index is 0.128. The lowest BCUT2D eigenvalue weighted by atomic mass is 9.96. The van der Waals surface area contributed by atoms with Crippen LogP contribution >= 0.6 is 0 Å². The van der Waals surface area contributed by atoms with E-state index in [1.54, 1.807) is 0 Å². The van der Waals surface area contributed by atoms with Gasteiger partial charge in [0.05, 0.1) is 6.61 Å². The van der Waals surface area contributed by atoms with E-state index in [9.17, 15) is 0 Å². The lowest BCUT2D eigenvalue weighted by molar-refractivity contribution is 0.0537. The van der Waals surface area contributed by atoms with E-state index in [4.69, 9.17) is 10.5 Å². The molecule has 0 saturated carbocycles. The Morgan fingerprint density at radius 1 is 1.19 bits per heavy atom. The molecule has 0 aromatic heterocycles. The van der Waals surface area contributed by atoms with Crippen molar-refractivity contribution in [3.63, 3.8) is 0 Å². The standard InChI is InChI=1S/C13H30N2O/c1-5-8-10-16-11-9-15(7-3)13(4,6-2)12-14/h5-12,14H2,1-4H3. The Bertz CT molecular complexity index is 158. The van der Waals surface area contributed by atoms with Crippen molar-refractivity contribution >= 4 is 0 Å². The summed E-state index contributed by atoms with van der Waals surface area (Å²) in [7, 11) is 0. The topological polar surface area (TPSA) is 38.5 Å². The third-order valence-electron chi connectivity index (χ3n) is 3.49. The summed E-state index contributed by atoms with van der Waals surface area (Å²) in [5, 5.41) is 0. The minimum Gasteiger partial charge on any atom is -0.380 e. The van der Waals surface area contributed by atoms with E-state index in [0.29, 0.717) is 6.54 Å². The highest BCUT2D eigenvalue weighted by atomic mass is 16.5. The average molecular weight is 230 g/mol. The van der Waals surface area contributed by atoms with Crippen LogP contribution in [0, 0.1) is 0 Å². The maximum absolute atomic E-state index is 5.86. The molecule has 0 aromatic carbocycles. The molecule has 16 heavy (non-hydrogen) atoms. The van der Waals surface area contributed by atoms with Gasteiger partial charge >= 0.3 is 0 Å². The van der Waals surface area contributed by atoms with E-state index in [2.05, 4.69) is 32.6 Å². The third-order valence-corrected chi connectivity index (χ3v) is 3.49. The van der Waals surface area contributed by atoms with Gasteiger partial charge in [0.25, 0.3) is 0 Å². The summed E-state index contributed by atoms with van der Waals surface area (Å²) in [5.41, 5.74) is 5.99. The highest BCUT2D eigenvalue weighted by Crippen LogP contribution is 2.17. The molecule has 0 radical (unpaired) electrons. The number of nitrogens with two attached hydrogens (primary N) is 1. The first-order valence-electron chi connectivity index (χ1n) is 6.67. The van der Waals surface area contributed by atoms with Crippen molar-refractivity contribution in [3.05, 3.63) is 0 Å². The van der Waals surface area contributed by atoms with Crippen molar-refractivity contribution in [2.45, 2.75) is 52.5 Å². The molecule has 0 rings (SSSR count). The molecule has 0 fully saturated rings. The quantitative estimate of drug-likeness (QED) is 0.585. The van der Waals surface area contributed by atoms with E-state index in [-0.39, 0.29) is 5.54 Å². The van der Waals surface area contributed by atoms with Crippen molar-refractivity contribution < 1.29 is 4.74 Å². The second-order valence-electron chi connectivity index (χ2n) is 4.60. The van der Waals surface area contributed by atoms with Gasteiger partial charge in [-0.05, 0) is 26.3 Å². The van der Waals surface area contributed by atoms with Crippen LogP contribution in [0.5, 0.6) is 0 Å². The van der Waals surface area contributed by atoms with Crippen LogP contribution in [0.15, 0.2) is 0 Å². The molecular weight excluding hydrogens is 200 g/mol. The first-order valence-corrected chi connectivity index (χ1v) is 6.67. The third kappa shape index (κ3) is 5.28. The molecule has 0 aromatic rings. The van der Waals surface area contributed by atoms with Crippen LogP contribution < -0.4 is 5.73 Å². The second-order valence-corrected chi connectivity index (χ2v) is 4.60. The Morgan fingerprint density at radius 2 is 1.88 bits per heavy atom. The zero-order valence-corrected chi connectivity index (χ0v) is 11.6. The van der Waals surface area contributed by atoms with Crippen LogP contribution in [0.4, 0.5) is 0 Å². The van der Waals surface area contributed by atoms with Gasteiger partial charge in [-0.1, -0.05) is 27.2 Å². The van der Waals surface area contributed by atoms with E-state index in [1.165, 1.54) is 6.42 Å². The first kappa shape index (κ1) is 15.9. The molecule has 0 spiro atoms. The van der Waals surface area contributed by atoms with Crippen LogP contribution in [0.1, 0.15) is 47.0 Å². The number of likely N-dealkylation sites (N-methyl/N-ethyl adjacent to an activating group) is 1. The second kappa shape index (κ2) is 8.97. The van der Waals surface area contributed by atoms with Gasteiger partial charge in [0.1, 0.15) is 0 Å². The maximum atomic E-state index is 5.86. The fraction of sp³-hybridized carbons (Fsp3) is 1.00. The Labute approximate surface area is 101 Å². The Kier molecular flexibility index (Phi) is 8.90. The van der Waals surface area contributed by atoms with Crippen LogP contribution in [0.3, 0.4) is 0 Å². The Hall–Kier alpha value is -0.120. The van der Waals surface area contributed by atoms with E-state index >= 15 is 0 Å². The van der Waals surface area contributed by atoms with E-state index in [0.717, 1.165) is 39.1 Å². The zero-order valence-electron chi connectivity index (χ0n) is 11.6. The largest absolute Gasteiger partial charge is 0.380 e. The molecule has 3 nitrogen and oxygen atoms in total. The number of rotatable bonds is 10. The summed E-state index contributed by atoms with van der Waals surface area (Å²) in [6, 6.07) is 0. The summed E-state index contributed by atoms with van der Waals surface area (Å²) in [6.45, 7) is 13.3. The fourth-order valence-corrected chi connectivity index (χ4v) is 1.83. The zero-order chi connectivity index (χ0) is 12.4. The van der Waals surface area contributed by atoms with Crippen molar-refractivity contribution in [1.29, 1.82) is 0 Å². The van der Waals surface area contributed by atoms with Gasteiger partial charge in [-0.3, -0.25) is 4.90 Å². The summed E-state index contributed by atoms with van der Waals surface area (Å²) in [5.74, 6) is 0. The summed E-state index contributed by atoms with van der Waals surface area (Å²) < 4.78 is 5.61. The predicted octanol–water partition coefficient (Wildman–Crippen LogP) is 2.25. The molecule has 0 aliphatic heterocycles. The van der Waals surface area contributed by atoms with Gasteiger partial charge in [0.2, 0.25) is 0 Å². The number of hydrogen-bond acceptors (Lipinski definition) is 3. The van der Waals surface area contributed by atoms with Gasteiger partial charge in [-0.25, -0.2) is 0 Å². The van der Waals surface area contributed by atoms with Gasteiger partial charge in [-0.2, -0.15) is 0 Å². The average Bonchev–Trinajstić information content (AvgIpc) is 2.33. The SMILES string of the molecule is CCCCOCCN(CC)C(C)(CC)CN. The van der Waals surface area contributed by atoms with Crippen LogP contribution in [0.25, 0.3) is 0 Å². The molecule has 0 bridgehead atoms. The van der Waals surface area contributed by atoms with Gasteiger partial charge < -0.3 is 10.5 Å². The van der Waals surface area contributed by atoms with Crippen molar-refractivity contribution in [2.24, 2.45) is 5.73 Å². The predicted molar refractivity (Wildman–Crippen MR) is 70.7 cm³/mol. The van der Waals surface area contributed by atoms with Crippen molar-refractivity contribution in [3.8, 4) is 0 Å². The molecule has 0 aliphatic rings. The van der Waals surface area contributed by atoms with E-state index < -0.39 is 0 Å². The van der Waals surface area contributed by atoms with Crippen LogP contribution in [0.2, 0.25) is 0 Å². The summed E-state index contributed by atoms with van der Waals surface area (Å²) in [4.78, 5) is 2.43. The Balaban J connectivity index is 3.90. The molecule has 1 atom stereocenters. The fourth-order valence-electron chi connectivity index (χ4n) is 1.83. The molecule has 0 saturated heterocycles. The Morgan fingerprint density at radius 3 is 2.31 bits per heavy atom.